The molecule has 0 aliphatic carbocycles. The number of imide groups is 1. The summed E-state index contributed by atoms with van der Waals surface area (Å²) in [5.41, 5.74) is 1.10. The van der Waals surface area contributed by atoms with Crippen molar-refractivity contribution < 1.29 is 23.6 Å². The Hall–Kier alpha value is -3.55. The zero-order chi connectivity index (χ0) is 19.8. The van der Waals surface area contributed by atoms with E-state index in [0.29, 0.717) is 5.69 Å². The van der Waals surface area contributed by atoms with Crippen LogP contribution in [0.4, 0.5) is 10.1 Å². The smallest absolute Gasteiger partial charge is 0.262 e. The standard InChI is InChI=1S/C20H16FN3O4/c21-12-5-7-14(8-6-12)23-10-13(9-18(23)26)22-17(25)11-24-19(27)15-3-1-2-4-16(15)20(24)28/h1-8,13H,9-11H2,(H,22,25). The van der Waals surface area contributed by atoms with Gasteiger partial charge in [-0.2, -0.15) is 0 Å². The molecule has 2 aliphatic rings. The number of amides is 4. The van der Waals surface area contributed by atoms with Crippen LogP contribution in [0.1, 0.15) is 27.1 Å². The summed E-state index contributed by atoms with van der Waals surface area (Å²) in [4.78, 5) is 51.6. The number of carbonyl (C=O) groups excluding carboxylic acids is 4. The molecule has 28 heavy (non-hydrogen) atoms. The van der Waals surface area contributed by atoms with Crippen LogP contribution in [0.3, 0.4) is 0 Å². The first-order valence-electron chi connectivity index (χ1n) is 8.74. The summed E-state index contributed by atoms with van der Waals surface area (Å²) in [6, 6.07) is 11.5. The third kappa shape index (κ3) is 3.13. The second-order valence-corrected chi connectivity index (χ2v) is 6.69. The van der Waals surface area contributed by atoms with Crippen LogP contribution in [-0.4, -0.2) is 47.7 Å². The number of fused-ring (bicyclic) bond motifs is 1. The molecule has 8 heteroatoms. The van der Waals surface area contributed by atoms with Crippen LogP contribution in [0.25, 0.3) is 0 Å². The van der Waals surface area contributed by atoms with Gasteiger partial charge in [-0.25, -0.2) is 4.39 Å². The second kappa shape index (κ2) is 6.88. The molecule has 1 fully saturated rings. The van der Waals surface area contributed by atoms with Gasteiger partial charge in [0.15, 0.2) is 0 Å². The second-order valence-electron chi connectivity index (χ2n) is 6.69. The Kier molecular flexibility index (Phi) is 4.38. The van der Waals surface area contributed by atoms with Crippen LogP contribution >= 0.6 is 0 Å². The number of carbonyl (C=O) groups is 4. The first-order chi connectivity index (χ1) is 13.4. The van der Waals surface area contributed by atoms with E-state index >= 15 is 0 Å². The number of hydrogen-bond acceptors (Lipinski definition) is 4. The molecule has 2 aliphatic heterocycles. The zero-order valence-corrected chi connectivity index (χ0v) is 14.7. The maximum atomic E-state index is 13.1. The number of hydrogen-bond donors (Lipinski definition) is 1. The number of rotatable bonds is 4. The fourth-order valence-electron chi connectivity index (χ4n) is 3.47. The highest BCUT2D eigenvalue weighted by molar-refractivity contribution is 6.22. The van der Waals surface area contributed by atoms with Crippen molar-refractivity contribution in [3.8, 4) is 0 Å². The largest absolute Gasteiger partial charge is 0.349 e. The van der Waals surface area contributed by atoms with Gasteiger partial charge in [-0.1, -0.05) is 12.1 Å². The van der Waals surface area contributed by atoms with Gasteiger partial charge in [0, 0.05) is 18.7 Å². The number of benzene rings is 2. The van der Waals surface area contributed by atoms with Crippen LogP contribution < -0.4 is 10.2 Å². The van der Waals surface area contributed by atoms with Crippen LogP contribution in [0.5, 0.6) is 0 Å². The molecule has 0 saturated carbocycles. The molecular weight excluding hydrogens is 365 g/mol. The van der Waals surface area contributed by atoms with E-state index in [1.807, 2.05) is 0 Å². The SMILES string of the molecule is O=C(CN1C(=O)c2ccccc2C1=O)NC1CC(=O)N(c2ccc(F)cc2)C1. The van der Waals surface area contributed by atoms with Crippen molar-refractivity contribution >= 4 is 29.3 Å². The fourth-order valence-corrected chi connectivity index (χ4v) is 3.47. The summed E-state index contributed by atoms with van der Waals surface area (Å²) in [5, 5.41) is 2.69. The normalized spacial score (nSPS) is 18.6. The zero-order valence-electron chi connectivity index (χ0n) is 14.7. The lowest BCUT2D eigenvalue weighted by atomic mass is 10.1. The highest BCUT2D eigenvalue weighted by atomic mass is 19.1. The van der Waals surface area contributed by atoms with E-state index in [1.54, 1.807) is 24.3 Å². The summed E-state index contributed by atoms with van der Waals surface area (Å²) < 4.78 is 13.1. The van der Waals surface area contributed by atoms with Crippen molar-refractivity contribution in [2.75, 3.05) is 18.0 Å². The van der Waals surface area contributed by atoms with Gasteiger partial charge in [-0.3, -0.25) is 24.1 Å². The number of nitrogens with zero attached hydrogens (tertiary/aromatic N) is 2. The quantitative estimate of drug-likeness (QED) is 0.810. The van der Waals surface area contributed by atoms with E-state index in [-0.39, 0.29) is 30.0 Å². The van der Waals surface area contributed by atoms with Gasteiger partial charge in [-0.15, -0.1) is 0 Å². The maximum Gasteiger partial charge on any atom is 0.262 e. The summed E-state index contributed by atoms with van der Waals surface area (Å²) in [6.07, 6.45) is 0.0885. The molecule has 1 N–H and O–H groups in total. The van der Waals surface area contributed by atoms with Crippen molar-refractivity contribution in [2.24, 2.45) is 0 Å². The molecule has 4 amide bonds. The molecule has 1 unspecified atom stereocenters. The molecule has 0 bridgehead atoms. The number of anilines is 1. The molecule has 2 heterocycles. The van der Waals surface area contributed by atoms with Gasteiger partial charge in [0.1, 0.15) is 12.4 Å². The third-order valence-corrected chi connectivity index (χ3v) is 4.81. The van der Waals surface area contributed by atoms with Gasteiger partial charge in [0.25, 0.3) is 11.8 Å². The topological polar surface area (TPSA) is 86.8 Å². The lowest BCUT2D eigenvalue weighted by Crippen LogP contribution is -2.44. The molecule has 2 aromatic carbocycles. The van der Waals surface area contributed by atoms with Gasteiger partial charge >= 0.3 is 0 Å². The summed E-state index contributed by atoms with van der Waals surface area (Å²) in [7, 11) is 0. The summed E-state index contributed by atoms with van der Waals surface area (Å²) in [5.74, 6) is -2.13. The Labute approximate surface area is 159 Å². The van der Waals surface area contributed by atoms with Crippen LogP contribution in [0.15, 0.2) is 48.5 Å². The average molecular weight is 381 g/mol. The molecule has 0 spiro atoms. The van der Waals surface area contributed by atoms with Gasteiger partial charge in [0.05, 0.1) is 17.2 Å². The van der Waals surface area contributed by atoms with Gasteiger partial charge in [0.2, 0.25) is 11.8 Å². The Morgan fingerprint density at radius 2 is 1.61 bits per heavy atom. The molecule has 0 radical (unpaired) electrons. The highest BCUT2D eigenvalue weighted by Crippen LogP contribution is 2.23. The van der Waals surface area contributed by atoms with E-state index in [2.05, 4.69) is 5.32 Å². The lowest BCUT2D eigenvalue weighted by molar-refractivity contribution is -0.122. The lowest BCUT2D eigenvalue weighted by Gasteiger charge is -2.18. The minimum atomic E-state index is -0.520. The fraction of sp³-hybridized carbons (Fsp3) is 0.200. The van der Waals surface area contributed by atoms with E-state index in [1.165, 1.54) is 29.2 Å². The van der Waals surface area contributed by atoms with Gasteiger partial charge < -0.3 is 10.2 Å². The van der Waals surface area contributed by atoms with Gasteiger partial charge in [-0.05, 0) is 36.4 Å². The van der Waals surface area contributed by atoms with Crippen molar-refractivity contribution in [2.45, 2.75) is 12.5 Å². The predicted molar refractivity (Wildman–Crippen MR) is 97.1 cm³/mol. The van der Waals surface area contributed by atoms with Crippen molar-refractivity contribution in [1.82, 2.24) is 10.2 Å². The minimum absolute atomic E-state index is 0.0885. The Morgan fingerprint density at radius 1 is 1.00 bits per heavy atom. The molecular formula is C20H16FN3O4. The minimum Gasteiger partial charge on any atom is -0.349 e. The van der Waals surface area contributed by atoms with E-state index in [4.69, 9.17) is 0 Å². The molecule has 1 saturated heterocycles. The number of nitrogens with one attached hydrogen (secondary N) is 1. The van der Waals surface area contributed by atoms with E-state index < -0.39 is 36.1 Å². The predicted octanol–water partition coefficient (Wildman–Crippen LogP) is 1.34. The van der Waals surface area contributed by atoms with Crippen molar-refractivity contribution in [3.63, 3.8) is 0 Å². The molecule has 1 atom stereocenters. The summed E-state index contributed by atoms with van der Waals surface area (Å²) >= 11 is 0. The van der Waals surface area contributed by atoms with Crippen LogP contribution in [0, 0.1) is 5.82 Å². The molecule has 0 aromatic heterocycles. The Balaban J connectivity index is 1.39. The number of halogens is 1. The highest BCUT2D eigenvalue weighted by Gasteiger charge is 2.37. The first kappa shape index (κ1) is 17.8. The molecule has 4 rings (SSSR count). The van der Waals surface area contributed by atoms with E-state index in [9.17, 15) is 23.6 Å². The van der Waals surface area contributed by atoms with Crippen LogP contribution in [0.2, 0.25) is 0 Å². The van der Waals surface area contributed by atoms with E-state index in [0.717, 1.165) is 4.90 Å². The third-order valence-electron chi connectivity index (χ3n) is 4.81. The average Bonchev–Trinajstić information content (AvgIpc) is 3.15. The van der Waals surface area contributed by atoms with Crippen molar-refractivity contribution in [3.05, 3.63) is 65.5 Å². The monoisotopic (exact) mass is 381 g/mol. The molecule has 7 nitrogen and oxygen atoms in total. The van der Waals surface area contributed by atoms with Crippen LogP contribution in [-0.2, 0) is 9.59 Å². The Morgan fingerprint density at radius 3 is 2.21 bits per heavy atom. The Bertz CT molecular complexity index is 954. The first-order valence-corrected chi connectivity index (χ1v) is 8.74. The summed E-state index contributed by atoms with van der Waals surface area (Å²) in [6.45, 7) is -0.175. The molecule has 2 aromatic rings. The van der Waals surface area contributed by atoms with Crippen molar-refractivity contribution in [1.29, 1.82) is 0 Å². The maximum absolute atomic E-state index is 13.1. The molecule has 142 valence electrons.